The molecule has 0 unspecified atom stereocenters. The van der Waals surface area contributed by atoms with Gasteiger partial charge in [-0.25, -0.2) is 0 Å². The number of benzene rings is 1. The van der Waals surface area contributed by atoms with Crippen molar-refractivity contribution in [3.8, 4) is 16.9 Å². The Morgan fingerprint density at radius 2 is 1.92 bits per heavy atom. The summed E-state index contributed by atoms with van der Waals surface area (Å²) in [5.74, 6) is 0.928. The van der Waals surface area contributed by atoms with Crippen molar-refractivity contribution in [2.45, 2.75) is 50.0 Å². The Hall–Kier alpha value is -1.68. The first kappa shape index (κ1) is 17.2. The molecule has 1 fully saturated rings. The van der Waals surface area contributed by atoms with Gasteiger partial charge >= 0.3 is 0 Å². The standard InChI is InChI=1S/C20H25NO2S/c1-14-11-15(13-21(2)20(14)22)18-12-17(24-3)9-10-19(18)23-16-7-5-4-6-8-16/h9-13,16H,4-8H2,1-3H3. The third-order valence-electron chi connectivity index (χ3n) is 4.71. The van der Waals surface area contributed by atoms with Crippen molar-refractivity contribution in [2.75, 3.05) is 6.26 Å². The summed E-state index contributed by atoms with van der Waals surface area (Å²) in [6.07, 6.45) is 10.4. The molecule has 128 valence electrons. The second kappa shape index (κ2) is 7.47. The monoisotopic (exact) mass is 343 g/mol. The number of nitrogens with zero attached hydrogens (tertiary/aromatic N) is 1. The van der Waals surface area contributed by atoms with Crippen molar-refractivity contribution >= 4 is 11.8 Å². The van der Waals surface area contributed by atoms with Gasteiger partial charge in [0.1, 0.15) is 5.75 Å². The molecule has 0 spiro atoms. The van der Waals surface area contributed by atoms with Crippen LogP contribution >= 0.6 is 11.8 Å². The minimum atomic E-state index is 0.0505. The van der Waals surface area contributed by atoms with Crippen LogP contribution in [0.2, 0.25) is 0 Å². The number of rotatable bonds is 4. The highest BCUT2D eigenvalue weighted by atomic mass is 32.2. The van der Waals surface area contributed by atoms with Crippen molar-refractivity contribution in [3.05, 3.63) is 46.4 Å². The van der Waals surface area contributed by atoms with Crippen molar-refractivity contribution in [1.82, 2.24) is 4.57 Å². The van der Waals surface area contributed by atoms with Crippen molar-refractivity contribution in [1.29, 1.82) is 0 Å². The summed E-state index contributed by atoms with van der Waals surface area (Å²) in [6.45, 7) is 1.87. The van der Waals surface area contributed by atoms with Gasteiger partial charge in [-0.05, 0) is 63.1 Å². The first-order chi connectivity index (χ1) is 11.6. The molecule has 0 aliphatic heterocycles. The Labute approximate surface area is 148 Å². The van der Waals surface area contributed by atoms with Crippen LogP contribution in [0.5, 0.6) is 5.75 Å². The summed E-state index contributed by atoms with van der Waals surface area (Å²) in [4.78, 5) is 13.2. The summed E-state index contributed by atoms with van der Waals surface area (Å²) >= 11 is 1.72. The molecule has 1 aromatic carbocycles. The van der Waals surface area contributed by atoms with Gasteiger partial charge in [0.05, 0.1) is 6.10 Å². The maximum absolute atomic E-state index is 12.0. The van der Waals surface area contributed by atoms with Crippen LogP contribution in [0.25, 0.3) is 11.1 Å². The maximum atomic E-state index is 12.0. The fraction of sp³-hybridized carbons (Fsp3) is 0.450. The minimum Gasteiger partial charge on any atom is -0.490 e. The molecule has 0 atom stereocenters. The van der Waals surface area contributed by atoms with Gasteiger partial charge in [0, 0.05) is 34.8 Å². The SMILES string of the molecule is CSc1ccc(OC2CCCCC2)c(-c2cc(C)c(=O)n(C)c2)c1. The highest BCUT2D eigenvalue weighted by molar-refractivity contribution is 7.98. The highest BCUT2D eigenvalue weighted by Crippen LogP contribution is 2.35. The number of ether oxygens (including phenoxy) is 1. The lowest BCUT2D eigenvalue weighted by Gasteiger charge is -2.24. The summed E-state index contributed by atoms with van der Waals surface area (Å²) in [5, 5.41) is 0. The Morgan fingerprint density at radius 1 is 1.17 bits per heavy atom. The minimum absolute atomic E-state index is 0.0505. The van der Waals surface area contributed by atoms with Gasteiger partial charge in [-0.3, -0.25) is 4.79 Å². The maximum Gasteiger partial charge on any atom is 0.253 e. The average molecular weight is 343 g/mol. The highest BCUT2D eigenvalue weighted by Gasteiger charge is 2.18. The molecule has 1 aromatic heterocycles. The first-order valence-corrected chi connectivity index (χ1v) is 9.83. The van der Waals surface area contributed by atoms with Crippen LogP contribution in [-0.4, -0.2) is 16.9 Å². The largest absolute Gasteiger partial charge is 0.490 e. The van der Waals surface area contributed by atoms with Crippen LogP contribution < -0.4 is 10.3 Å². The number of thioether (sulfide) groups is 1. The van der Waals surface area contributed by atoms with Crippen LogP contribution in [0.3, 0.4) is 0 Å². The Bertz CT molecular complexity index is 749. The van der Waals surface area contributed by atoms with Crippen molar-refractivity contribution in [3.63, 3.8) is 0 Å². The molecule has 4 heteroatoms. The average Bonchev–Trinajstić information content (AvgIpc) is 2.60. The van der Waals surface area contributed by atoms with Gasteiger partial charge in [-0.15, -0.1) is 11.8 Å². The van der Waals surface area contributed by atoms with Crippen LogP contribution in [-0.2, 0) is 7.05 Å². The van der Waals surface area contributed by atoms with Gasteiger partial charge in [0.2, 0.25) is 0 Å². The predicted octanol–water partition coefficient (Wildman–Crippen LogP) is 4.79. The van der Waals surface area contributed by atoms with E-state index in [1.54, 1.807) is 23.4 Å². The van der Waals surface area contributed by atoms with E-state index in [1.165, 1.54) is 24.2 Å². The number of aryl methyl sites for hydroxylation is 2. The molecular formula is C20H25NO2S. The third kappa shape index (κ3) is 3.69. The van der Waals surface area contributed by atoms with E-state index in [9.17, 15) is 4.79 Å². The lowest BCUT2D eigenvalue weighted by molar-refractivity contribution is 0.155. The number of pyridine rings is 1. The Morgan fingerprint density at radius 3 is 2.58 bits per heavy atom. The van der Waals surface area contributed by atoms with E-state index in [4.69, 9.17) is 4.74 Å². The molecule has 0 radical (unpaired) electrons. The molecule has 3 rings (SSSR count). The zero-order valence-electron chi connectivity index (χ0n) is 14.7. The smallest absolute Gasteiger partial charge is 0.253 e. The van der Waals surface area contributed by atoms with Crippen molar-refractivity contribution in [2.24, 2.45) is 7.05 Å². The molecule has 1 heterocycles. The molecule has 0 saturated heterocycles. The molecule has 0 amide bonds. The van der Waals surface area contributed by atoms with E-state index in [-0.39, 0.29) is 5.56 Å². The normalized spacial score (nSPS) is 15.5. The van der Waals surface area contributed by atoms with Gasteiger partial charge in [-0.1, -0.05) is 6.42 Å². The molecule has 1 aliphatic carbocycles. The predicted molar refractivity (Wildman–Crippen MR) is 101 cm³/mol. The van der Waals surface area contributed by atoms with Crippen LogP contribution in [0.4, 0.5) is 0 Å². The fourth-order valence-electron chi connectivity index (χ4n) is 3.35. The van der Waals surface area contributed by atoms with Crippen LogP contribution in [0.15, 0.2) is 40.2 Å². The molecule has 0 N–H and O–H groups in total. The Balaban J connectivity index is 2.02. The molecule has 2 aromatic rings. The van der Waals surface area contributed by atoms with Gasteiger partial charge in [-0.2, -0.15) is 0 Å². The van der Waals surface area contributed by atoms with E-state index >= 15 is 0 Å². The van der Waals surface area contributed by atoms with Crippen LogP contribution in [0.1, 0.15) is 37.7 Å². The second-order valence-electron chi connectivity index (χ2n) is 6.57. The van der Waals surface area contributed by atoms with E-state index in [0.717, 1.165) is 35.3 Å². The molecule has 0 bridgehead atoms. The lowest BCUT2D eigenvalue weighted by atomic mass is 9.97. The second-order valence-corrected chi connectivity index (χ2v) is 7.45. The third-order valence-corrected chi connectivity index (χ3v) is 5.43. The summed E-state index contributed by atoms with van der Waals surface area (Å²) in [6, 6.07) is 8.33. The summed E-state index contributed by atoms with van der Waals surface area (Å²) < 4.78 is 8.01. The van der Waals surface area contributed by atoms with Gasteiger partial charge in [0.15, 0.2) is 0 Å². The lowest BCUT2D eigenvalue weighted by Crippen LogP contribution is -2.20. The number of aromatic nitrogens is 1. The molecule has 1 aliphatic rings. The Kier molecular flexibility index (Phi) is 5.34. The quantitative estimate of drug-likeness (QED) is 0.748. The summed E-state index contributed by atoms with van der Waals surface area (Å²) in [7, 11) is 1.80. The van der Waals surface area contributed by atoms with E-state index in [1.807, 2.05) is 19.2 Å². The number of hydrogen-bond donors (Lipinski definition) is 0. The molecule has 3 nitrogen and oxygen atoms in total. The first-order valence-electron chi connectivity index (χ1n) is 8.61. The van der Waals surface area contributed by atoms with Crippen LogP contribution in [0, 0.1) is 6.92 Å². The topological polar surface area (TPSA) is 31.2 Å². The fourth-order valence-corrected chi connectivity index (χ4v) is 3.79. The zero-order valence-corrected chi connectivity index (χ0v) is 15.5. The molecular weight excluding hydrogens is 318 g/mol. The van der Waals surface area contributed by atoms with Gasteiger partial charge < -0.3 is 9.30 Å². The molecule has 24 heavy (non-hydrogen) atoms. The summed E-state index contributed by atoms with van der Waals surface area (Å²) in [5.41, 5.74) is 2.92. The van der Waals surface area contributed by atoms with E-state index < -0.39 is 0 Å². The van der Waals surface area contributed by atoms with E-state index in [0.29, 0.717) is 6.10 Å². The van der Waals surface area contributed by atoms with Crippen molar-refractivity contribution < 1.29 is 4.74 Å². The van der Waals surface area contributed by atoms with Gasteiger partial charge in [0.25, 0.3) is 5.56 Å². The molecule has 1 saturated carbocycles. The zero-order chi connectivity index (χ0) is 17.1. The van der Waals surface area contributed by atoms with E-state index in [2.05, 4.69) is 24.5 Å². The number of hydrogen-bond acceptors (Lipinski definition) is 3.